The van der Waals surface area contributed by atoms with Crippen LogP contribution in [0.5, 0.6) is 0 Å². The van der Waals surface area contributed by atoms with E-state index in [1.807, 2.05) is 0 Å². The highest BCUT2D eigenvalue weighted by molar-refractivity contribution is 5.31. The number of nitrogens with zero attached hydrogens (tertiary/aromatic N) is 2. The highest BCUT2D eigenvalue weighted by Gasteiger charge is 2.83. The van der Waals surface area contributed by atoms with Crippen molar-refractivity contribution in [3.05, 3.63) is 12.3 Å². The minimum absolute atomic E-state index is 0.00360. The first-order valence-corrected chi connectivity index (χ1v) is 14.1. The largest absolute Gasteiger partial charge is 0.425 e. The lowest BCUT2D eigenvalue weighted by Crippen LogP contribution is -2.59. The lowest BCUT2D eigenvalue weighted by atomic mass is 9.41. The van der Waals surface area contributed by atoms with Gasteiger partial charge in [0.1, 0.15) is 6.10 Å². The monoisotopic (exact) mass is 486 g/mol. The van der Waals surface area contributed by atoms with Gasteiger partial charge in [-0.2, -0.15) is 0 Å². The quantitative estimate of drug-likeness (QED) is 0.567. The Morgan fingerprint density at radius 3 is 2.43 bits per heavy atom. The van der Waals surface area contributed by atoms with Gasteiger partial charge in [0.15, 0.2) is 0 Å². The molecule has 0 saturated heterocycles. The summed E-state index contributed by atoms with van der Waals surface area (Å²) in [6.45, 7) is 11.9. The Morgan fingerprint density at radius 2 is 1.74 bits per heavy atom. The van der Waals surface area contributed by atoms with E-state index in [9.17, 15) is 10.2 Å². The van der Waals surface area contributed by atoms with Crippen molar-refractivity contribution in [1.82, 2.24) is 10.2 Å². The molecule has 6 heteroatoms. The topological polar surface area (TPSA) is 88.6 Å². The fourth-order valence-corrected chi connectivity index (χ4v) is 11.4. The molecule has 6 nitrogen and oxygen atoms in total. The zero-order chi connectivity index (χ0) is 25.0. The van der Waals surface area contributed by atoms with Crippen molar-refractivity contribution in [2.45, 2.75) is 111 Å². The van der Waals surface area contributed by atoms with Crippen LogP contribution >= 0.6 is 0 Å². The van der Waals surface area contributed by atoms with Crippen LogP contribution in [0.3, 0.4) is 0 Å². The van der Waals surface area contributed by atoms with Gasteiger partial charge in [0.05, 0.1) is 12.2 Å². The molecule has 0 aromatic carbocycles. The van der Waals surface area contributed by atoms with E-state index in [-0.39, 0.29) is 34.6 Å². The first-order chi connectivity index (χ1) is 16.5. The van der Waals surface area contributed by atoms with Crippen LogP contribution in [0.25, 0.3) is 0 Å². The molecule has 0 amide bonds. The van der Waals surface area contributed by atoms with Gasteiger partial charge >= 0.3 is 0 Å². The number of hydrogen-bond donors (Lipinski definition) is 2. The van der Waals surface area contributed by atoms with Crippen molar-refractivity contribution < 1.29 is 19.4 Å². The van der Waals surface area contributed by atoms with Crippen LogP contribution in [0.15, 0.2) is 10.8 Å². The summed E-state index contributed by atoms with van der Waals surface area (Å²) in [7, 11) is 1.72. The Hall–Kier alpha value is -0.980. The second kappa shape index (κ2) is 7.54. The third-order valence-electron chi connectivity index (χ3n) is 13.4. The number of aromatic nitrogens is 2. The maximum Gasteiger partial charge on any atom is 0.244 e. The van der Waals surface area contributed by atoms with E-state index in [2.05, 4.69) is 44.8 Å². The summed E-state index contributed by atoms with van der Waals surface area (Å²) in [5, 5.41) is 30.7. The molecule has 11 atom stereocenters. The fourth-order valence-electron chi connectivity index (χ4n) is 11.4. The van der Waals surface area contributed by atoms with Crippen molar-refractivity contribution >= 4 is 0 Å². The third kappa shape index (κ3) is 2.83. The van der Waals surface area contributed by atoms with Crippen molar-refractivity contribution in [3.8, 4) is 0 Å². The molecule has 196 valence electrons. The van der Waals surface area contributed by atoms with Gasteiger partial charge in [0.25, 0.3) is 0 Å². The van der Waals surface area contributed by atoms with E-state index in [4.69, 9.17) is 9.15 Å². The Labute approximate surface area is 210 Å². The number of methoxy groups -OCH3 is 1. The van der Waals surface area contributed by atoms with Gasteiger partial charge in [-0.25, -0.2) is 0 Å². The number of aliphatic hydroxyl groups excluding tert-OH is 2. The van der Waals surface area contributed by atoms with E-state index in [1.54, 1.807) is 7.11 Å². The van der Waals surface area contributed by atoms with Gasteiger partial charge in [-0.15, -0.1) is 10.2 Å². The Morgan fingerprint density at radius 1 is 1.03 bits per heavy atom. The maximum atomic E-state index is 11.8. The minimum atomic E-state index is -0.261. The molecule has 5 saturated carbocycles. The van der Waals surface area contributed by atoms with E-state index in [0.717, 1.165) is 19.3 Å². The molecule has 2 N–H and O–H groups in total. The molecule has 35 heavy (non-hydrogen) atoms. The van der Waals surface area contributed by atoms with Gasteiger partial charge in [-0.1, -0.05) is 34.6 Å². The van der Waals surface area contributed by atoms with Gasteiger partial charge in [0, 0.05) is 12.5 Å². The highest BCUT2D eigenvalue weighted by Crippen LogP contribution is 2.89. The smallest absolute Gasteiger partial charge is 0.244 e. The zero-order valence-electron chi connectivity index (χ0n) is 22.6. The summed E-state index contributed by atoms with van der Waals surface area (Å²) in [6, 6.07) is 0. The summed E-state index contributed by atoms with van der Waals surface area (Å²) in [5.41, 5.74) is 0.815. The van der Waals surface area contributed by atoms with Crippen LogP contribution in [-0.2, 0) is 4.74 Å². The second-order valence-corrected chi connectivity index (χ2v) is 14.3. The standard InChI is InChI=1S/C29H46N2O4/c1-17(13-19(34-6)24-31-30-16-35-24)18-14-23(33)27(5)21-8-7-20-25(2,3)22(32)9-10-28(20)15-29(21,28)12-11-26(18,27)4/h16-23,32-33H,7-15H2,1-6H3/t17-,18-,19?,20+,21?,22?,23+,26?,27-,28?,29?/m1/s1. The molecule has 0 radical (unpaired) electrons. The highest BCUT2D eigenvalue weighted by atomic mass is 16.5. The minimum Gasteiger partial charge on any atom is -0.425 e. The molecule has 0 aliphatic heterocycles. The molecule has 1 aromatic rings. The van der Waals surface area contributed by atoms with Gasteiger partial charge in [-0.05, 0) is 103 Å². The first-order valence-electron chi connectivity index (χ1n) is 14.1. The Balaban J connectivity index is 1.29. The van der Waals surface area contributed by atoms with Crippen molar-refractivity contribution in [3.63, 3.8) is 0 Å². The van der Waals surface area contributed by atoms with E-state index in [0.29, 0.717) is 40.4 Å². The van der Waals surface area contributed by atoms with Crippen LogP contribution in [0.2, 0.25) is 0 Å². The van der Waals surface area contributed by atoms with Crippen molar-refractivity contribution in [2.24, 2.45) is 50.7 Å². The second-order valence-electron chi connectivity index (χ2n) is 14.3. The molecular weight excluding hydrogens is 440 g/mol. The molecule has 5 aliphatic carbocycles. The first kappa shape index (κ1) is 24.4. The summed E-state index contributed by atoms with van der Waals surface area (Å²) < 4.78 is 11.2. The number of rotatable bonds is 5. The molecule has 6 unspecified atom stereocenters. The van der Waals surface area contributed by atoms with Gasteiger partial charge in [0.2, 0.25) is 12.3 Å². The average Bonchev–Trinajstić information content (AvgIpc) is 3.08. The summed E-state index contributed by atoms with van der Waals surface area (Å²) in [4.78, 5) is 0. The predicted octanol–water partition coefficient (Wildman–Crippen LogP) is 5.55. The van der Waals surface area contributed by atoms with E-state index >= 15 is 0 Å². The molecule has 0 bridgehead atoms. The number of aliphatic hydroxyl groups is 2. The summed E-state index contributed by atoms with van der Waals surface area (Å²) >= 11 is 0. The summed E-state index contributed by atoms with van der Waals surface area (Å²) in [5.74, 6) is 2.58. The van der Waals surface area contributed by atoms with Crippen LogP contribution in [0, 0.1) is 50.7 Å². The number of fused-ring (bicyclic) bond motifs is 2. The molecule has 1 aromatic heterocycles. The van der Waals surface area contributed by atoms with Crippen LogP contribution < -0.4 is 0 Å². The average molecular weight is 487 g/mol. The van der Waals surface area contributed by atoms with Gasteiger partial charge < -0.3 is 19.4 Å². The van der Waals surface area contributed by atoms with E-state index < -0.39 is 0 Å². The van der Waals surface area contributed by atoms with Crippen molar-refractivity contribution in [2.75, 3.05) is 7.11 Å². The SMILES string of the molecule is COC(C[C@@H](C)[C@H]1C[C@H](O)[C@@]2(C)C3CC[C@H]4C(C)(C)C(O)CCC45CC35CCC12C)c1nnco1. The van der Waals surface area contributed by atoms with E-state index in [1.165, 1.54) is 44.9 Å². The Kier molecular flexibility index (Phi) is 5.25. The van der Waals surface area contributed by atoms with Crippen LogP contribution in [0.4, 0.5) is 0 Å². The lowest BCUT2D eigenvalue weighted by molar-refractivity contribution is -0.182. The maximum absolute atomic E-state index is 11.8. The van der Waals surface area contributed by atoms with Crippen molar-refractivity contribution in [1.29, 1.82) is 0 Å². The molecule has 1 heterocycles. The summed E-state index contributed by atoms with van der Waals surface area (Å²) in [6.07, 6.45) is 10.8. The molecule has 5 aliphatic rings. The molecular formula is C29H46N2O4. The zero-order valence-corrected chi connectivity index (χ0v) is 22.6. The van der Waals surface area contributed by atoms with Gasteiger partial charge in [-0.3, -0.25) is 0 Å². The normalized spacial score (nSPS) is 51.5. The Bertz CT molecular complexity index is 966. The predicted molar refractivity (Wildman–Crippen MR) is 132 cm³/mol. The number of hydrogen-bond acceptors (Lipinski definition) is 6. The van der Waals surface area contributed by atoms with Crippen LogP contribution in [0.1, 0.15) is 104 Å². The third-order valence-corrected chi connectivity index (χ3v) is 13.4. The fraction of sp³-hybridized carbons (Fsp3) is 0.931. The van der Waals surface area contributed by atoms with Crippen LogP contribution in [-0.4, -0.2) is 39.7 Å². The molecule has 5 fully saturated rings. The molecule has 2 spiro atoms. The number of ether oxygens (including phenoxy) is 1. The lowest BCUT2D eigenvalue weighted by Gasteiger charge is -2.63. The molecule has 6 rings (SSSR count).